The molecule has 19 heavy (non-hydrogen) atoms. The average molecular weight is 267 g/mol. The first kappa shape index (κ1) is 15.5. The van der Waals surface area contributed by atoms with Gasteiger partial charge in [-0.05, 0) is 24.6 Å². The van der Waals surface area contributed by atoms with Crippen molar-refractivity contribution in [1.29, 1.82) is 0 Å². The number of hydrogen-bond donors (Lipinski definition) is 1. The predicted octanol–water partition coefficient (Wildman–Crippen LogP) is 1.44. The summed E-state index contributed by atoms with van der Waals surface area (Å²) in [5.41, 5.74) is 1.21. The summed E-state index contributed by atoms with van der Waals surface area (Å²) < 4.78 is 9.98. The molecular weight excluding hydrogens is 246 g/mol. The highest BCUT2D eigenvalue weighted by Gasteiger charge is 2.18. The molecule has 0 unspecified atom stereocenters. The van der Waals surface area contributed by atoms with Crippen molar-refractivity contribution >= 4 is 5.91 Å². The van der Waals surface area contributed by atoms with E-state index in [-0.39, 0.29) is 11.7 Å². The van der Waals surface area contributed by atoms with Crippen molar-refractivity contribution in [3.05, 3.63) is 29.3 Å². The number of benzene rings is 1. The van der Waals surface area contributed by atoms with Crippen LogP contribution in [0.3, 0.4) is 0 Å². The van der Waals surface area contributed by atoms with Gasteiger partial charge in [-0.25, -0.2) is 0 Å². The predicted molar refractivity (Wildman–Crippen MR) is 72.5 cm³/mol. The molecule has 1 aromatic carbocycles. The Hall–Kier alpha value is -1.59. The van der Waals surface area contributed by atoms with Crippen LogP contribution in [0.5, 0.6) is 5.75 Å². The van der Waals surface area contributed by atoms with Crippen molar-refractivity contribution in [2.45, 2.75) is 6.92 Å². The number of carbonyl (C=O) groups excluding carboxylic acids is 1. The molecule has 0 bridgehead atoms. The molecule has 0 aliphatic carbocycles. The number of ether oxygens (including phenoxy) is 2. The highest BCUT2D eigenvalue weighted by Crippen LogP contribution is 2.20. The zero-order chi connectivity index (χ0) is 14.3. The summed E-state index contributed by atoms with van der Waals surface area (Å²) in [7, 11) is 3.17. The lowest BCUT2D eigenvalue weighted by atomic mass is 10.1. The summed E-state index contributed by atoms with van der Waals surface area (Å²) in [6.45, 7) is 3.68. The summed E-state index contributed by atoms with van der Waals surface area (Å²) in [6, 6.07) is 5.02. The number of methoxy groups -OCH3 is 2. The summed E-state index contributed by atoms with van der Waals surface area (Å²) in [5.74, 6) is -0.212. The second-order valence-corrected chi connectivity index (χ2v) is 4.30. The Kier molecular flexibility index (Phi) is 6.32. The minimum Gasteiger partial charge on any atom is -0.507 e. The molecule has 106 valence electrons. The maximum absolute atomic E-state index is 12.3. The second kappa shape index (κ2) is 7.76. The molecule has 0 heterocycles. The van der Waals surface area contributed by atoms with Gasteiger partial charge in [0.15, 0.2) is 0 Å². The van der Waals surface area contributed by atoms with Crippen molar-refractivity contribution in [3.63, 3.8) is 0 Å². The molecular formula is C14H21NO4. The van der Waals surface area contributed by atoms with Gasteiger partial charge in [-0.2, -0.15) is 0 Å². The lowest BCUT2D eigenvalue weighted by Crippen LogP contribution is -2.36. The Bertz CT molecular complexity index is 412. The van der Waals surface area contributed by atoms with Gasteiger partial charge in [0.25, 0.3) is 5.91 Å². The molecule has 0 fully saturated rings. The van der Waals surface area contributed by atoms with Gasteiger partial charge in [0.1, 0.15) is 5.75 Å². The van der Waals surface area contributed by atoms with Gasteiger partial charge >= 0.3 is 0 Å². The Morgan fingerprint density at radius 2 is 1.79 bits per heavy atom. The van der Waals surface area contributed by atoms with Gasteiger partial charge in [0.2, 0.25) is 0 Å². The van der Waals surface area contributed by atoms with Crippen LogP contribution in [0.2, 0.25) is 0 Å². The van der Waals surface area contributed by atoms with Gasteiger partial charge in [-0.1, -0.05) is 6.07 Å². The highest BCUT2D eigenvalue weighted by molar-refractivity contribution is 5.96. The van der Waals surface area contributed by atoms with Crippen LogP contribution in [0.15, 0.2) is 18.2 Å². The molecule has 0 aromatic heterocycles. The summed E-state index contributed by atoms with van der Waals surface area (Å²) in [6.07, 6.45) is 0. The van der Waals surface area contributed by atoms with Crippen LogP contribution in [0.25, 0.3) is 0 Å². The van der Waals surface area contributed by atoms with Crippen molar-refractivity contribution in [1.82, 2.24) is 4.90 Å². The summed E-state index contributed by atoms with van der Waals surface area (Å²) in [5, 5.41) is 9.85. The first-order valence-electron chi connectivity index (χ1n) is 6.17. The van der Waals surface area contributed by atoms with Crippen molar-refractivity contribution in [3.8, 4) is 5.75 Å². The molecule has 0 saturated heterocycles. The van der Waals surface area contributed by atoms with Crippen LogP contribution in [0.1, 0.15) is 15.9 Å². The normalized spacial score (nSPS) is 10.5. The fraction of sp³-hybridized carbons (Fsp3) is 0.500. The molecule has 1 N–H and O–H groups in total. The Balaban J connectivity index is 2.84. The standard InChI is InChI=1S/C14H21NO4/c1-11-4-5-12(13(16)10-11)14(17)15(6-8-18-2)7-9-19-3/h4-5,10,16H,6-9H2,1-3H3. The van der Waals surface area contributed by atoms with E-state index in [1.165, 1.54) is 0 Å². The van der Waals surface area contributed by atoms with E-state index >= 15 is 0 Å². The largest absolute Gasteiger partial charge is 0.507 e. The van der Waals surface area contributed by atoms with E-state index in [4.69, 9.17) is 9.47 Å². The number of hydrogen-bond acceptors (Lipinski definition) is 4. The molecule has 5 heteroatoms. The van der Waals surface area contributed by atoms with Gasteiger partial charge in [0.05, 0.1) is 18.8 Å². The number of phenols is 1. The van der Waals surface area contributed by atoms with Gasteiger partial charge < -0.3 is 19.5 Å². The molecule has 1 aromatic rings. The van der Waals surface area contributed by atoms with Crippen LogP contribution in [0.4, 0.5) is 0 Å². The van der Waals surface area contributed by atoms with Crippen LogP contribution >= 0.6 is 0 Å². The topological polar surface area (TPSA) is 59.0 Å². The van der Waals surface area contributed by atoms with E-state index in [1.807, 2.05) is 6.92 Å². The van der Waals surface area contributed by atoms with E-state index < -0.39 is 0 Å². The third-order valence-electron chi connectivity index (χ3n) is 2.80. The fourth-order valence-electron chi connectivity index (χ4n) is 1.71. The SMILES string of the molecule is COCCN(CCOC)C(=O)c1ccc(C)cc1O. The number of aryl methyl sites for hydroxylation is 1. The average Bonchev–Trinajstić information content (AvgIpc) is 2.38. The van der Waals surface area contributed by atoms with Gasteiger partial charge in [0, 0.05) is 27.3 Å². The lowest BCUT2D eigenvalue weighted by molar-refractivity contribution is 0.0624. The van der Waals surface area contributed by atoms with Crippen molar-refractivity contribution in [2.24, 2.45) is 0 Å². The molecule has 0 spiro atoms. The zero-order valence-corrected chi connectivity index (χ0v) is 11.7. The van der Waals surface area contributed by atoms with E-state index in [2.05, 4.69) is 0 Å². The molecule has 0 aliphatic rings. The van der Waals surface area contributed by atoms with E-state index in [0.717, 1.165) is 5.56 Å². The third-order valence-corrected chi connectivity index (χ3v) is 2.80. The van der Waals surface area contributed by atoms with Crippen LogP contribution in [0, 0.1) is 6.92 Å². The van der Waals surface area contributed by atoms with Gasteiger partial charge in [-0.15, -0.1) is 0 Å². The smallest absolute Gasteiger partial charge is 0.257 e. The lowest BCUT2D eigenvalue weighted by Gasteiger charge is -2.22. The van der Waals surface area contributed by atoms with E-state index in [1.54, 1.807) is 37.3 Å². The van der Waals surface area contributed by atoms with Crippen LogP contribution < -0.4 is 0 Å². The third kappa shape index (κ3) is 4.54. The van der Waals surface area contributed by atoms with Crippen LogP contribution in [-0.2, 0) is 9.47 Å². The summed E-state index contributed by atoms with van der Waals surface area (Å²) >= 11 is 0. The van der Waals surface area contributed by atoms with Crippen molar-refractivity contribution in [2.75, 3.05) is 40.5 Å². The minimum atomic E-state index is -0.216. The van der Waals surface area contributed by atoms with E-state index in [9.17, 15) is 9.90 Å². The molecule has 0 radical (unpaired) electrons. The molecule has 1 rings (SSSR count). The Morgan fingerprint density at radius 1 is 1.21 bits per heavy atom. The number of aromatic hydroxyl groups is 1. The van der Waals surface area contributed by atoms with Crippen molar-refractivity contribution < 1.29 is 19.4 Å². The molecule has 1 amide bonds. The number of amides is 1. The number of carbonyl (C=O) groups is 1. The molecule has 5 nitrogen and oxygen atoms in total. The Labute approximate surface area is 113 Å². The monoisotopic (exact) mass is 267 g/mol. The highest BCUT2D eigenvalue weighted by atomic mass is 16.5. The first-order chi connectivity index (χ1) is 9.10. The quantitative estimate of drug-likeness (QED) is 0.812. The number of phenolic OH excluding ortho intramolecular Hbond substituents is 1. The molecule has 0 saturated carbocycles. The van der Waals surface area contributed by atoms with Gasteiger partial charge in [-0.3, -0.25) is 4.79 Å². The Morgan fingerprint density at radius 3 is 2.26 bits per heavy atom. The van der Waals surface area contributed by atoms with Crippen LogP contribution in [-0.4, -0.2) is 56.4 Å². The maximum atomic E-state index is 12.3. The second-order valence-electron chi connectivity index (χ2n) is 4.30. The number of rotatable bonds is 7. The van der Waals surface area contributed by atoms with E-state index in [0.29, 0.717) is 31.9 Å². The molecule has 0 aliphatic heterocycles. The first-order valence-corrected chi connectivity index (χ1v) is 6.17. The zero-order valence-electron chi connectivity index (χ0n) is 11.7. The molecule has 0 atom stereocenters. The maximum Gasteiger partial charge on any atom is 0.257 e. The number of nitrogens with zero attached hydrogens (tertiary/aromatic N) is 1. The minimum absolute atomic E-state index is 0.00448. The summed E-state index contributed by atoms with van der Waals surface area (Å²) in [4.78, 5) is 14.0. The fourth-order valence-corrected chi connectivity index (χ4v) is 1.71.